The van der Waals surface area contributed by atoms with Gasteiger partial charge in [0.1, 0.15) is 5.82 Å². The lowest BCUT2D eigenvalue weighted by molar-refractivity contribution is 0.0697. The van der Waals surface area contributed by atoms with E-state index in [0.29, 0.717) is 17.5 Å². The normalized spacial score (nSPS) is 20.1. The number of hydrogen-bond acceptors (Lipinski definition) is 3. The van der Waals surface area contributed by atoms with Gasteiger partial charge in [-0.2, -0.15) is 0 Å². The molecule has 1 N–H and O–H groups in total. The summed E-state index contributed by atoms with van der Waals surface area (Å²) in [6.07, 6.45) is 4.69. The van der Waals surface area contributed by atoms with Crippen molar-refractivity contribution < 1.29 is 9.90 Å². The van der Waals surface area contributed by atoms with Crippen LogP contribution in [0, 0.1) is 0 Å². The molecule has 0 spiro atoms. The molecule has 3 heterocycles. The van der Waals surface area contributed by atoms with E-state index in [1.54, 1.807) is 18.3 Å². The third-order valence-corrected chi connectivity index (χ3v) is 4.12. The van der Waals surface area contributed by atoms with Crippen LogP contribution in [0.4, 0.5) is 0 Å². The summed E-state index contributed by atoms with van der Waals surface area (Å²) in [5.41, 5.74) is 1.15. The van der Waals surface area contributed by atoms with Crippen LogP contribution < -0.4 is 0 Å². The van der Waals surface area contributed by atoms with E-state index in [1.807, 2.05) is 10.6 Å². The zero-order chi connectivity index (χ0) is 14.3. The fourth-order valence-corrected chi connectivity index (χ4v) is 2.92. The van der Waals surface area contributed by atoms with Crippen LogP contribution in [0.1, 0.15) is 42.4 Å². The minimum atomic E-state index is -0.901. The highest BCUT2D eigenvalue weighted by atomic mass is 16.4. The summed E-state index contributed by atoms with van der Waals surface area (Å²) >= 11 is 0. The third-order valence-electron chi connectivity index (χ3n) is 4.12. The molecular weight excluding hydrogens is 254 g/mol. The zero-order valence-corrected chi connectivity index (χ0v) is 11.8. The molecule has 0 amide bonds. The largest absolute Gasteiger partial charge is 0.478 e. The second kappa shape index (κ2) is 4.90. The number of aromatic nitrogens is 2. The molecule has 1 fully saturated rings. The van der Waals surface area contributed by atoms with Gasteiger partial charge in [-0.15, -0.1) is 0 Å². The molecule has 0 aliphatic carbocycles. The molecule has 20 heavy (non-hydrogen) atoms. The average molecular weight is 273 g/mol. The molecule has 1 aliphatic rings. The molecule has 2 aromatic rings. The number of likely N-dealkylation sites (tertiary alicyclic amines) is 1. The Morgan fingerprint density at radius 3 is 2.95 bits per heavy atom. The van der Waals surface area contributed by atoms with Crippen molar-refractivity contribution in [3.8, 4) is 0 Å². The lowest BCUT2D eigenvalue weighted by Crippen LogP contribution is -2.28. The van der Waals surface area contributed by atoms with Gasteiger partial charge in [0.15, 0.2) is 0 Å². The average Bonchev–Trinajstić information content (AvgIpc) is 3.03. The lowest BCUT2D eigenvalue weighted by Gasteiger charge is -2.19. The highest BCUT2D eigenvalue weighted by Gasteiger charge is 2.28. The summed E-state index contributed by atoms with van der Waals surface area (Å²) in [5.74, 6) is 0.567. The van der Waals surface area contributed by atoms with Crippen molar-refractivity contribution in [3.63, 3.8) is 0 Å². The summed E-state index contributed by atoms with van der Waals surface area (Å²) < 4.78 is 2.01. The summed E-state index contributed by atoms with van der Waals surface area (Å²) in [6.45, 7) is 6.55. The fourth-order valence-electron chi connectivity index (χ4n) is 2.92. The summed E-state index contributed by atoms with van der Waals surface area (Å²) in [7, 11) is 0. The number of fused-ring (bicyclic) bond motifs is 1. The van der Waals surface area contributed by atoms with Crippen LogP contribution >= 0.6 is 0 Å². The molecule has 0 saturated carbocycles. The van der Waals surface area contributed by atoms with Gasteiger partial charge < -0.3 is 14.4 Å². The molecule has 106 valence electrons. The molecule has 1 aliphatic heterocycles. The van der Waals surface area contributed by atoms with E-state index in [2.05, 4.69) is 23.7 Å². The summed E-state index contributed by atoms with van der Waals surface area (Å²) in [4.78, 5) is 18.0. The summed E-state index contributed by atoms with van der Waals surface area (Å²) in [5, 5.41) is 9.02. The van der Waals surface area contributed by atoms with Crippen LogP contribution in [-0.2, 0) is 0 Å². The topological polar surface area (TPSA) is 57.8 Å². The zero-order valence-electron chi connectivity index (χ0n) is 11.8. The Labute approximate surface area is 117 Å². The first-order valence-electron chi connectivity index (χ1n) is 7.00. The molecule has 1 unspecified atom stereocenters. The highest BCUT2D eigenvalue weighted by molar-refractivity contribution is 5.88. The first-order valence-corrected chi connectivity index (χ1v) is 7.00. The minimum Gasteiger partial charge on any atom is -0.478 e. The molecule has 0 aromatic carbocycles. The van der Waals surface area contributed by atoms with Crippen LogP contribution in [0.3, 0.4) is 0 Å². The second-order valence-corrected chi connectivity index (χ2v) is 5.71. The maximum absolute atomic E-state index is 11.0. The number of carboxylic acids is 1. The number of imidazole rings is 1. The molecule has 1 saturated heterocycles. The van der Waals surface area contributed by atoms with Crippen molar-refractivity contribution in [3.05, 3.63) is 35.9 Å². The van der Waals surface area contributed by atoms with Crippen LogP contribution in [0.15, 0.2) is 24.5 Å². The number of pyridine rings is 1. The van der Waals surface area contributed by atoms with E-state index >= 15 is 0 Å². The second-order valence-electron chi connectivity index (χ2n) is 5.71. The van der Waals surface area contributed by atoms with Gasteiger partial charge in [0.05, 0.1) is 17.3 Å². The smallest absolute Gasteiger partial charge is 0.335 e. The predicted octanol–water partition coefficient (Wildman–Crippen LogP) is 2.23. The Balaban J connectivity index is 1.92. The number of carbonyl (C=O) groups is 1. The molecule has 3 rings (SSSR count). The number of nitrogens with zero attached hydrogens (tertiary/aromatic N) is 3. The standard InChI is InChI=1S/C15H19N3O2/c1-10(2)17-5-3-12(9-17)14-16-8-13-7-11(15(19)20)4-6-18(13)14/h4,6-8,10,12H,3,5,9H2,1-2H3,(H,19,20). The van der Waals surface area contributed by atoms with Crippen LogP contribution in [0.2, 0.25) is 0 Å². The number of rotatable bonds is 3. The maximum atomic E-state index is 11.0. The molecular formula is C15H19N3O2. The monoisotopic (exact) mass is 273 g/mol. The molecule has 0 radical (unpaired) electrons. The fraction of sp³-hybridized carbons (Fsp3) is 0.467. The first kappa shape index (κ1) is 13.1. The van der Waals surface area contributed by atoms with E-state index < -0.39 is 5.97 Å². The number of aromatic carboxylic acids is 1. The minimum absolute atomic E-state index is 0.305. The highest BCUT2D eigenvalue weighted by Crippen LogP contribution is 2.28. The molecule has 0 bridgehead atoms. The Kier molecular flexibility index (Phi) is 3.22. The van der Waals surface area contributed by atoms with Crippen molar-refractivity contribution in [2.45, 2.75) is 32.2 Å². The van der Waals surface area contributed by atoms with E-state index in [9.17, 15) is 4.79 Å². The van der Waals surface area contributed by atoms with Crippen molar-refractivity contribution in [1.29, 1.82) is 0 Å². The molecule has 5 heteroatoms. The van der Waals surface area contributed by atoms with Gasteiger partial charge in [0, 0.05) is 24.7 Å². The van der Waals surface area contributed by atoms with Gasteiger partial charge in [-0.1, -0.05) is 0 Å². The first-order chi connectivity index (χ1) is 9.56. The van der Waals surface area contributed by atoms with Crippen LogP contribution in [0.5, 0.6) is 0 Å². The Morgan fingerprint density at radius 2 is 2.30 bits per heavy atom. The number of carboxylic acid groups (broad SMARTS) is 1. The van der Waals surface area contributed by atoms with Gasteiger partial charge in [-0.25, -0.2) is 9.78 Å². The molecule has 1 atom stereocenters. The molecule has 2 aromatic heterocycles. The Bertz CT molecular complexity index is 648. The third kappa shape index (κ3) is 2.18. The van der Waals surface area contributed by atoms with Gasteiger partial charge in [-0.05, 0) is 38.9 Å². The quantitative estimate of drug-likeness (QED) is 0.931. The van der Waals surface area contributed by atoms with Gasteiger partial charge in [-0.3, -0.25) is 0 Å². The Hall–Kier alpha value is -1.88. The van der Waals surface area contributed by atoms with Crippen LogP contribution in [-0.4, -0.2) is 44.5 Å². The van der Waals surface area contributed by atoms with E-state index in [1.165, 1.54) is 0 Å². The van der Waals surface area contributed by atoms with E-state index in [-0.39, 0.29) is 0 Å². The van der Waals surface area contributed by atoms with Crippen molar-refractivity contribution >= 4 is 11.5 Å². The molecule has 5 nitrogen and oxygen atoms in total. The van der Waals surface area contributed by atoms with Gasteiger partial charge in [0.25, 0.3) is 0 Å². The van der Waals surface area contributed by atoms with E-state index in [0.717, 1.165) is 30.9 Å². The predicted molar refractivity (Wildman–Crippen MR) is 76.2 cm³/mol. The van der Waals surface area contributed by atoms with Crippen LogP contribution in [0.25, 0.3) is 5.52 Å². The summed E-state index contributed by atoms with van der Waals surface area (Å²) in [6, 6.07) is 3.87. The van der Waals surface area contributed by atoms with Gasteiger partial charge >= 0.3 is 5.97 Å². The van der Waals surface area contributed by atoms with Crippen molar-refractivity contribution in [2.24, 2.45) is 0 Å². The van der Waals surface area contributed by atoms with Gasteiger partial charge in [0.2, 0.25) is 0 Å². The van der Waals surface area contributed by atoms with Crippen molar-refractivity contribution in [1.82, 2.24) is 14.3 Å². The maximum Gasteiger partial charge on any atom is 0.335 e. The van der Waals surface area contributed by atoms with E-state index in [4.69, 9.17) is 5.11 Å². The number of hydrogen-bond donors (Lipinski definition) is 1. The lowest BCUT2D eigenvalue weighted by atomic mass is 10.1. The van der Waals surface area contributed by atoms with Crippen molar-refractivity contribution in [2.75, 3.05) is 13.1 Å². The Morgan fingerprint density at radius 1 is 1.50 bits per heavy atom. The SMILES string of the molecule is CC(C)N1CCC(c2ncc3cc(C(=O)O)ccn23)C1.